The van der Waals surface area contributed by atoms with Gasteiger partial charge in [0.15, 0.2) is 10.6 Å². The zero-order chi connectivity index (χ0) is 15.7. The second-order valence-electron chi connectivity index (χ2n) is 6.40. The molecular formula is C17H19N3OS. The molecule has 5 heteroatoms. The lowest BCUT2D eigenvalue weighted by Gasteiger charge is -2.19. The zero-order valence-corrected chi connectivity index (χ0v) is 13.8. The Morgan fingerprint density at radius 3 is 2.50 bits per heavy atom. The normalized spacial score (nSPS) is 11.8. The summed E-state index contributed by atoms with van der Waals surface area (Å²) in [7, 11) is 0. The molecule has 3 rings (SSSR count). The molecule has 3 aromatic rings. The first-order valence-corrected chi connectivity index (χ1v) is 7.63. The molecule has 0 unspecified atom stereocenters. The number of benzene rings is 1. The van der Waals surface area contributed by atoms with Gasteiger partial charge in [0, 0.05) is 11.1 Å². The zero-order valence-electron chi connectivity index (χ0n) is 13.0. The molecule has 0 bridgehead atoms. The minimum absolute atomic E-state index is 0.139. The summed E-state index contributed by atoms with van der Waals surface area (Å²) >= 11 is 5.35. The van der Waals surface area contributed by atoms with Crippen molar-refractivity contribution in [2.45, 2.75) is 32.7 Å². The number of nitrogens with zero attached hydrogens (tertiary/aromatic N) is 2. The molecule has 0 saturated carbocycles. The molecule has 0 atom stereocenters. The topological polar surface area (TPSA) is 46.8 Å². The monoisotopic (exact) mass is 313 g/mol. The number of aromatic amines is 1. The lowest BCUT2D eigenvalue weighted by molar-refractivity contribution is 0.562. The van der Waals surface area contributed by atoms with Gasteiger partial charge in [-0.05, 0) is 29.3 Å². The van der Waals surface area contributed by atoms with E-state index >= 15 is 0 Å². The van der Waals surface area contributed by atoms with Crippen LogP contribution in [-0.4, -0.2) is 14.8 Å². The van der Waals surface area contributed by atoms with Gasteiger partial charge >= 0.3 is 0 Å². The molecule has 0 aliphatic heterocycles. The summed E-state index contributed by atoms with van der Waals surface area (Å²) in [6.07, 6.45) is 3.39. The quantitative estimate of drug-likeness (QED) is 0.722. The minimum atomic E-state index is 0.139. The second-order valence-corrected chi connectivity index (χ2v) is 6.78. The lowest BCUT2D eigenvalue weighted by atomic mass is 9.87. The number of hydrogen-bond donors (Lipinski definition) is 1. The van der Waals surface area contributed by atoms with Crippen LogP contribution in [-0.2, 0) is 12.0 Å². The van der Waals surface area contributed by atoms with Gasteiger partial charge in [-0.2, -0.15) is 5.10 Å². The molecule has 2 heterocycles. The highest BCUT2D eigenvalue weighted by Crippen LogP contribution is 2.25. The van der Waals surface area contributed by atoms with Crippen molar-refractivity contribution in [1.29, 1.82) is 0 Å². The summed E-state index contributed by atoms with van der Waals surface area (Å²) < 4.78 is 7.71. The van der Waals surface area contributed by atoms with Crippen LogP contribution in [0, 0.1) is 4.77 Å². The van der Waals surface area contributed by atoms with Gasteiger partial charge in [-0.15, -0.1) is 0 Å². The van der Waals surface area contributed by atoms with Crippen LogP contribution in [0.1, 0.15) is 31.9 Å². The maximum absolute atomic E-state index is 5.35. The predicted octanol–water partition coefficient (Wildman–Crippen LogP) is 4.55. The molecule has 4 nitrogen and oxygen atoms in total. The third-order valence-corrected chi connectivity index (χ3v) is 4.00. The summed E-state index contributed by atoms with van der Waals surface area (Å²) in [5, 5.41) is 7.25. The number of H-pyrrole nitrogens is 1. The molecule has 22 heavy (non-hydrogen) atoms. The summed E-state index contributed by atoms with van der Waals surface area (Å²) in [5.74, 6) is 0.839. The Balaban J connectivity index is 1.97. The van der Waals surface area contributed by atoms with Gasteiger partial charge in [-0.25, -0.2) is 0 Å². The van der Waals surface area contributed by atoms with Crippen LogP contribution in [0.4, 0.5) is 0 Å². The molecule has 114 valence electrons. The average Bonchev–Trinajstić information content (AvgIpc) is 3.10. The van der Waals surface area contributed by atoms with E-state index in [4.69, 9.17) is 16.6 Å². The summed E-state index contributed by atoms with van der Waals surface area (Å²) in [4.78, 5) is 0. The molecule has 0 spiro atoms. The van der Waals surface area contributed by atoms with E-state index in [0.717, 1.165) is 17.0 Å². The Morgan fingerprint density at radius 1 is 1.18 bits per heavy atom. The van der Waals surface area contributed by atoms with Gasteiger partial charge in [0.1, 0.15) is 0 Å². The highest BCUT2D eigenvalue weighted by molar-refractivity contribution is 7.71. The standard InChI is InChI=1S/C17H19N3OS/c1-17(2,3)14-6-4-13(5-7-14)15-18-19-16(22)20(15)10-12-8-9-21-11-12/h4-9,11H,10H2,1-3H3,(H,19,22). The Bertz CT molecular complexity index is 805. The molecular weight excluding hydrogens is 294 g/mol. The van der Waals surface area contributed by atoms with Crippen molar-refractivity contribution in [2.24, 2.45) is 0 Å². The van der Waals surface area contributed by atoms with E-state index in [0.29, 0.717) is 11.3 Å². The van der Waals surface area contributed by atoms with E-state index in [-0.39, 0.29) is 5.41 Å². The Morgan fingerprint density at radius 2 is 1.91 bits per heavy atom. The number of hydrogen-bond acceptors (Lipinski definition) is 3. The van der Waals surface area contributed by atoms with Crippen LogP contribution >= 0.6 is 12.2 Å². The van der Waals surface area contributed by atoms with Crippen LogP contribution in [0.25, 0.3) is 11.4 Å². The summed E-state index contributed by atoms with van der Waals surface area (Å²) in [6.45, 7) is 7.26. The van der Waals surface area contributed by atoms with Gasteiger partial charge in [0.05, 0.1) is 19.1 Å². The van der Waals surface area contributed by atoms with Gasteiger partial charge in [-0.3, -0.25) is 9.67 Å². The first-order valence-electron chi connectivity index (χ1n) is 7.22. The van der Waals surface area contributed by atoms with Crippen molar-refractivity contribution in [3.63, 3.8) is 0 Å². The van der Waals surface area contributed by atoms with Crippen LogP contribution in [0.15, 0.2) is 47.3 Å². The Labute approximate surface area is 134 Å². The molecule has 0 radical (unpaired) electrons. The van der Waals surface area contributed by atoms with Crippen molar-refractivity contribution in [3.05, 3.63) is 58.8 Å². The van der Waals surface area contributed by atoms with E-state index < -0.39 is 0 Å². The minimum Gasteiger partial charge on any atom is -0.472 e. The van der Waals surface area contributed by atoms with E-state index in [1.54, 1.807) is 12.5 Å². The average molecular weight is 313 g/mol. The molecule has 1 aromatic carbocycles. The Kier molecular flexibility index (Phi) is 3.74. The largest absolute Gasteiger partial charge is 0.472 e. The number of furan rings is 1. The van der Waals surface area contributed by atoms with Gasteiger partial charge in [0.25, 0.3) is 0 Å². The third kappa shape index (κ3) is 2.90. The number of rotatable bonds is 3. The van der Waals surface area contributed by atoms with Crippen molar-refractivity contribution in [1.82, 2.24) is 14.8 Å². The molecule has 0 aliphatic carbocycles. The Hall–Kier alpha value is -2.14. The molecule has 0 saturated heterocycles. The van der Waals surface area contributed by atoms with E-state index in [9.17, 15) is 0 Å². The van der Waals surface area contributed by atoms with E-state index in [2.05, 4.69) is 55.2 Å². The SMILES string of the molecule is CC(C)(C)c1ccc(-c2n[nH]c(=S)n2Cc2ccoc2)cc1. The van der Waals surface area contributed by atoms with Crippen molar-refractivity contribution in [3.8, 4) is 11.4 Å². The number of nitrogens with one attached hydrogen (secondary N) is 1. The highest BCUT2D eigenvalue weighted by atomic mass is 32.1. The van der Waals surface area contributed by atoms with Crippen LogP contribution in [0.5, 0.6) is 0 Å². The summed E-state index contributed by atoms with van der Waals surface area (Å²) in [5.41, 5.74) is 3.54. The fourth-order valence-electron chi connectivity index (χ4n) is 2.37. The molecule has 0 aliphatic rings. The molecule has 0 fully saturated rings. The third-order valence-electron chi connectivity index (χ3n) is 3.69. The molecule has 1 N–H and O–H groups in total. The molecule has 2 aromatic heterocycles. The summed E-state index contributed by atoms with van der Waals surface area (Å²) in [6, 6.07) is 10.4. The van der Waals surface area contributed by atoms with E-state index in [1.807, 2.05) is 10.6 Å². The molecule has 0 amide bonds. The van der Waals surface area contributed by atoms with Crippen molar-refractivity contribution in [2.75, 3.05) is 0 Å². The predicted molar refractivity (Wildman–Crippen MR) is 89.4 cm³/mol. The van der Waals surface area contributed by atoms with Gasteiger partial charge in [-0.1, -0.05) is 45.0 Å². The van der Waals surface area contributed by atoms with Crippen molar-refractivity contribution < 1.29 is 4.42 Å². The van der Waals surface area contributed by atoms with Crippen LogP contribution in [0.2, 0.25) is 0 Å². The van der Waals surface area contributed by atoms with Gasteiger partial charge < -0.3 is 4.42 Å². The lowest BCUT2D eigenvalue weighted by Crippen LogP contribution is -2.10. The maximum Gasteiger partial charge on any atom is 0.195 e. The van der Waals surface area contributed by atoms with Crippen LogP contribution in [0.3, 0.4) is 0 Å². The fraction of sp³-hybridized carbons (Fsp3) is 0.294. The fourth-order valence-corrected chi connectivity index (χ4v) is 2.57. The van der Waals surface area contributed by atoms with Crippen molar-refractivity contribution >= 4 is 12.2 Å². The smallest absolute Gasteiger partial charge is 0.195 e. The second kappa shape index (κ2) is 5.57. The first-order chi connectivity index (χ1) is 10.4. The van der Waals surface area contributed by atoms with E-state index in [1.165, 1.54) is 5.56 Å². The highest BCUT2D eigenvalue weighted by Gasteiger charge is 2.15. The number of aromatic nitrogens is 3. The van der Waals surface area contributed by atoms with Crippen LogP contribution < -0.4 is 0 Å². The van der Waals surface area contributed by atoms with Gasteiger partial charge in [0.2, 0.25) is 0 Å². The first kappa shape index (κ1) is 14.8. The maximum atomic E-state index is 5.35.